The zero-order chi connectivity index (χ0) is 22.5. The number of halogens is 1. The minimum atomic E-state index is -0.402. The number of H-pyrrole nitrogens is 1. The Morgan fingerprint density at radius 1 is 1.12 bits per heavy atom. The van der Waals surface area contributed by atoms with Crippen molar-refractivity contribution in [3.8, 4) is 17.0 Å². The van der Waals surface area contributed by atoms with Crippen LogP contribution in [0, 0.1) is 5.82 Å². The molecule has 0 fully saturated rings. The van der Waals surface area contributed by atoms with E-state index in [1.165, 1.54) is 18.5 Å². The second-order valence-corrected chi connectivity index (χ2v) is 7.20. The largest absolute Gasteiger partial charge is 0.482 e. The van der Waals surface area contributed by atoms with Crippen molar-refractivity contribution in [3.05, 3.63) is 72.3 Å². The average molecular weight is 434 g/mol. The zero-order valence-electron chi connectivity index (χ0n) is 17.8. The lowest BCUT2D eigenvalue weighted by Gasteiger charge is -2.15. The summed E-state index contributed by atoms with van der Waals surface area (Å²) in [5, 5.41) is 4.22. The van der Waals surface area contributed by atoms with Crippen LogP contribution in [0.25, 0.3) is 22.3 Å². The van der Waals surface area contributed by atoms with Gasteiger partial charge in [0.05, 0.1) is 12.0 Å². The van der Waals surface area contributed by atoms with Gasteiger partial charge in [-0.3, -0.25) is 0 Å². The predicted octanol–water partition coefficient (Wildman–Crippen LogP) is 4.88. The van der Waals surface area contributed by atoms with Gasteiger partial charge in [-0.1, -0.05) is 12.1 Å². The molecular weight excluding hydrogens is 411 g/mol. The number of hydrogen-bond acceptors (Lipinski definition) is 6. The minimum absolute atomic E-state index is 0.0668. The van der Waals surface area contributed by atoms with Crippen LogP contribution in [-0.4, -0.2) is 34.1 Å². The molecule has 0 bridgehead atoms. The van der Waals surface area contributed by atoms with Gasteiger partial charge in [0, 0.05) is 11.7 Å². The molecule has 0 aliphatic carbocycles. The van der Waals surface area contributed by atoms with Gasteiger partial charge in [0.2, 0.25) is 0 Å². The molecule has 1 atom stereocenters. The van der Waals surface area contributed by atoms with Crippen molar-refractivity contribution < 1.29 is 18.7 Å². The van der Waals surface area contributed by atoms with Gasteiger partial charge in [0.25, 0.3) is 0 Å². The Balaban J connectivity index is 1.51. The van der Waals surface area contributed by atoms with Crippen molar-refractivity contribution in [1.82, 2.24) is 15.0 Å². The SMILES string of the molecule is CCOC(=O)COc1ccc(-c2cc3c(NC(C)c4ccc(F)cc4)ncnc3[nH]2)cc1. The van der Waals surface area contributed by atoms with E-state index in [-0.39, 0.29) is 18.5 Å². The first-order chi connectivity index (χ1) is 15.5. The first-order valence-corrected chi connectivity index (χ1v) is 10.3. The molecule has 0 amide bonds. The van der Waals surface area contributed by atoms with Gasteiger partial charge in [0.1, 0.15) is 29.4 Å². The van der Waals surface area contributed by atoms with Crippen LogP contribution in [0.3, 0.4) is 0 Å². The fourth-order valence-corrected chi connectivity index (χ4v) is 3.33. The summed E-state index contributed by atoms with van der Waals surface area (Å²) in [6.07, 6.45) is 1.49. The van der Waals surface area contributed by atoms with E-state index in [1.807, 2.05) is 25.1 Å². The second-order valence-electron chi connectivity index (χ2n) is 7.20. The lowest BCUT2D eigenvalue weighted by molar-refractivity contribution is -0.145. The van der Waals surface area contributed by atoms with E-state index in [0.29, 0.717) is 23.8 Å². The number of nitrogens with one attached hydrogen (secondary N) is 2. The van der Waals surface area contributed by atoms with Gasteiger partial charge in [-0.15, -0.1) is 0 Å². The van der Waals surface area contributed by atoms with Gasteiger partial charge in [-0.05, 0) is 67.4 Å². The summed E-state index contributed by atoms with van der Waals surface area (Å²) >= 11 is 0. The van der Waals surface area contributed by atoms with E-state index < -0.39 is 5.97 Å². The molecule has 0 aliphatic rings. The Morgan fingerprint density at radius 2 is 1.88 bits per heavy atom. The summed E-state index contributed by atoms with van der Waals surface area (Å²) in [4.78, 5) is 23.5. The molecule has 0 aliphatic heterocycles. The molecule has 0 spiro atoms. The van der Waals surface area contributed by atoms with Gasteiger partial charge in [-0.2, -0.15) is 0 Å². The third kappa shape index (κ3) is 4.85. The Morgan fingerprint density at radius 3 is 2.59 bits per heavy atom. The Labute approximate surface area is 184 Å². The van der Waals surface area contributed by atoms with E-state index in [0.717, 1.165) is 22.2 Å². The lowest BCUT2D eigenvalue weighted by atomic mass is 10.1. The predicted molar refractivity (Wildman–Crippen MR) is 120 cm³/mol. The van der Waals surface area contributed by atoms with Crippen molar-refractivity contribution >= 4 is 22.8 Å². The molecule has 4 rings (SSSR count). The maximum Gasteiger partial charge on any atom is 0.344 e. The molecule has 8 heteroatoms. The topological polar surface area (TPSA) is 89.1 Å². The van der Waals surface area contributed by atoms with Crippen LogP contribution in [0.1, 0.15) is 25.5 Å². The quantitative estimate of drug-likeness (QED) is 0.384. The van der Waals surface area contributed by atoms with E-state index in [1.54, 1.807) is 31.2 Å². The number of aromatic amines is 1. The molecule has 4 aromatic rings. The summed E-state index contributed by atoms with van der Waals surface area (Å²) in [5.74, 6) is 0.593. The molecule has 2 aromatic carbocycles. The van der Waals surface area contributed by atoms with Crippen molar-refractivity contribution in [1.29, 1.82) is 0 Å². The standard InChI is InChI=1S/C24H23FN4O3/c1-3-31-22(30)13-32-19-10-6-17(7-11-19)21-12-20-23(26-14-27-24(20)29-21)28-15(2)16-4-8-18(25)9-5-16/h4-12,14-15H,3,13H2,1-2H3,(H2,26,27,28,29). The number of hydrogen-bond donors (Lipinski definition) is 2. The number of anilines is 1. The number of nitrogens with zero attached hydrogens (tertiary/aromatic N) is 2. The van der Waals surface area contributed by atoms with Crippen LogP contribution in [0.5, 0.6) is 5.75 Å². The molecule has 2 heterocycles. The Bertz CT molecular complexity index is 1210. The van der Waals surface area contributed by atoms with E-state index in [2.05, 4.69) is 20.3 Å². The number of esters is 1. The van der Waals surface area contributed by atoms with Gasteiger partial charge in [-0.25, -0.2) is 19.2 Å². The van der Waals surface area contributed by atoms with Crippen molar-refractivity contribution in [3.63, 3.8) is 0 Å². The first kappa shape index (κ1) is 21.3. The normalized spacial score (nSPS) is 11.8. The minimum Gasteiger partial charge on any atom is -0.482 e. The van der Waals surface area contributed by atoms with Crippen molar-refractivity contribution in [2.45, 2.75) is 19.9 Å². The molecule has 7 nitrogen and oxygen atoms in total. The summed E-state index contributed by atoms with van der Waals surface area (Å²) in [7, 11) is 0. The summed E-state index contributed by atoms with van der Waals surface area (Å²) < 4.78 is 23.5. The number of benzene rings is 2. The highest BCUT2D eigenvalue weighted by molar-refractivity contribution is 5.91. The molecule has 2 aromatic heterocycles. The van der Waals surface area contributed by atoms with Gasteiger partial charge in [0.15, 0.2) is 6.61 Å². The van der Waals surface area contributed by atoms with Crippen LogP contribution in [-0.2, 0) is 9.53 Å². The number of aromatic nitrogens is 3. The third-order valence-electron chi connectivity index (χ3n) is 4.98. The molecule has 0 saturated heterocycles. The van der Waals surface area contributed by atoms with E-state index in [4.69, 9.17) is 9.47 Å². The molecular formula is C24H23FN4O3. The monoisotopic (exact) mass is 434 g/mol. The number of rotatable bonds is 8. The van der Waals surface area contributed by atoms with E-state index >= 15 is 0 Å². The first-order valence-electron chi connectivity index (χ1n) is 10.3. The lowest BCUT2D eigenvalue weighted by Crippen LogP contribution is -2.14. The van der Waals surface area contributed by atoms with Gasteiger partial charge < -0.3 is 19.8 Å². The highest BCUT2D eigenvalue weighted by Crippen LogP contribution is 2.29. The maximum absolute atomic E-state index is 13.2. The highest BCUT2D eigenvalue weighted by Gasteiger charge is 2.13. The van der Waals surface area contributed by atoms with Crippen LogP contribution < -0.4 is 10.1 Å². The number of ether oxygens (including phenoxy) is 2. The summed E-state index contributed by atoms with van der Waals surface area (Å²) in [5.41, 5.74) is 3.46. The zero-order valence-corrected chi connectivity index (χ0v) is 17.8. The smallest absolute Gasteiger partial charge is 0.344 e. The second kappa shape index (κ2) is 9.47. The van der Waals surface area contributed by atoms with Crippen molar-refractivity contribution in [2.75, 3.05) is 18.5 Å². The number of carbonyl (C=O) groups excluding carboxylic acids is 1. The highest BCUT2D eigenvalue weighted by atomic mass is 19.1. The van der Waals surface area contributed by atoms with Crippen LogP contribution >= 0.6 is 0 Å². The number of fused-ring (bicyclic) bond motifs is 1. The average Bonchev–Trinajstić information content (AvgIpc) is 3.24. The molecule has 1 unspecified atom stereocenters. The van der Waals surface area contributed by atoms with E-state index in [9.17, 15) is 9.18 Å². The van der Waals surface area contributed by atoms with Crippen LogP contribution in [0.2, 0.25) is 0 Å². The van der Waals surface area contributed by atoms with Gasteiger partial charge >= 0.3 is 5.97 Å². The maximum atomic E-state index is 13.2. The molecule has 32 heavy (non-hydrogen) atoms. The Hall–Kier alpha value is -3.94. The Kier molecular flexibility index (Phi) is 6.30. The number of carbonyl (C=O) groups is 1. The molecule has 0 saturated carbocycles. The molecule has 2 N–H and O–H groups in total. The third-order valence-corrected chi connectivity index (χ3v) is 4.98. The fraction of sp³-hybridized carbons (Fsp3) is 0.208. The van der Waals surface area contributed by atoms with Crippen LogP contribution in [0.4, 0.5) is 10.2 Å². The molecule has 164 valence electrons. The van der Waals surface area contributed by atoms with Crippen molar-refractivity contribution in [2.24, 2.45) is 0 Å². The van der Waals surface area contributed by atoms with Crippen LogP contribution in [0.15, 0.2) is 60.9 Å². The molecule has 0 radical (unpaired) electrons. The summed E-state index contributed by atoms with van der Waals surface area (Å²) in [6, 6.07) is 15.7. The summed E-state index contributed by atoms with van der Waals surface area (Å²) in [6.45, 7) is 3.94. The fourth-order valence-electron chi connectivity index (χ4n) is 3.33.